The molecule has 0 fully saturated rings. The van der Waals surface area contributed by atoms with Gasteiger partial charge in [-0.2, -0.15) is 0 Å². The summed E-state index contributed by atoms with van der Waals surface area (Å²) in [5, 5.41) is 12.2. The van der Waals surface area contributed by atoms with Gasteiger partial charge in [-0.3, -0.25) is 9.59 Å². The van der Waals surface area contributed by atoms with Crippen LogP contribution in [0.5, 0.6) is 0 Å². The summed E-state index contributed by atoms with van der Waals surface area (Å²) in [6, 6.07) is 19.3. The van der Waals surface area contributed by atoms with E-state index in [1.54, 1.807) is 30.9 Å². The van der Waals surface area contributed by atoms with Crippen molar-refractivity contribution in [1.82, 2.24) is 4.98 Å². The van der Waals surface area contributed by atoms with Crippen LogP contribution < -0.4 is 10.6 Å². The predicted octanol–water partition coefficient (Wildman–Crippen LogP) is 5.92. The number of hydrogen-bond donors (Lipinski definition) is 3. The molecule has 6 rings (SSSR count). The SMILES string of the molecule is Cc1c(-c2ccc(C(N)=O)c3[nH]c4cc(C(C)(C)O)ccc4c23)cccc1N1Cc2ccc(F)cc2C1=O. The van der Waals surface area contributed by atoms with Gasteiger partial charge in [-0.05, 0) is 78.9 Å². The molecule has 1 aromatic heterocycles. The quantitative estimate of drug-likeness (QED) is 0.281. The molecule has 4 N–H and O–H groups in total. The number of aliphatic hydroxyl groups is 1. The molecule has 0 bridgehead atoms. The maximum absolute atomic E-state index is 13.8. The second-order valence-corrected chi connectivity index (χ2v) is 10.4. The van der Waals surface area contributed by atoms with Crippen LogP contribution in [-0.4, -0.2) is 21.9 Å². The number of hydrogen-bond acceptors (Lipinski definition) is 3. The van der Waals surface area contributed by atoms with Crippen molar-refractivity contribution < 1.29 is 19.1 Å². The first kappa shape index (κ1) is 23.9. The average molecular weight is 508 g/mol. The molecule has 2 amide bonds. The van der Waals surface area contributed by atoms with Gasteiger partial charge in [-0.15, -0.1) is 0 Å². The maximum Gasteiger partial charge on any atom is 0.259 e. The monoisotopic (exact) mass is 507 g/mol. The third kappa shape index (κ3) is 3.58. The molecule has 190 valence electrons. The second kappa shape index (κ2) is 8.26. The minimum absolute atomic E-state index is 0.236. The summed E-state index contributed by atoms with van der Waals surface area (Å²) < 4.78 is 13.8. The van der Waals surface area contributed by atoms with Crippen molar-refractivity contribution in [2.75, 3.05) is 4.90 Å². The number of amides is 2. The number of rotatable bonds is 4. The first-order chi connectivity index (χ1) is 18.0. The second-order valence-electron chi connectivity index (χ2n) is 10.4. The van der Waals surface area contributed by atoms with Crippen LogP contribution in [0.2, 0.25) is 0 Å². The summed E-state index contributed by atoms with van der Waals surface area (Å²) in [5.41, 5.74) is 11.7. The van der Waals surface area contributed by atoms with E-state index in [4.69, 9.17) is 5.73 Å². The van der Waals surface area contributed by atoms with Crippen molar-refractivity contribution in [2.24, 2.45) is 5.73 Å². The van der Waals surface area contributed by atoms with E-state index < -0.39 is 17.3 Å². The number of nitrogens with one attached hydrogen (secondary N) is 1. The normalized spacial score (nSPS) is 13.5. The number of anilines is 1. The van der Waals surface area contributed by atoms with Crippen molar-refractivity contribution in [3.63, 3.8) is 0 Å². The van der Waals surface area contributed by atoms with Crippen LogP contribution in [0.25, 0.3) is 32.9 Å². The van der Waals surface area contributed by atoms with Gasteiger partial charge in [-0.1, -0.05) is 36.4 Å². The molecule has 0 saturated carbocycles. The van der Waals surface area contributed by atoms with E-state index in [9.17, 15) is 19.1 Å². The van der Waals surface area contributed by atoms with E-state index in [0.29, 0.717) is 23.2 Å². The Bertz CT molecular complexity index is 1810. The zero-order valence-corrected chi connectivity index (χ0v) is 21.2. The Morgan fingerprint density at radius 1 is 1.03 bits per heavy atom. The van der Waals surface area contributed by atoms with Gasteiger partial charge in [0.1, 0.15) is 5.82 Å². The third-order valence-electron chi connectivity index (χ3n) is 7.49. The Morgan fingerprint density at radius 3 is 2.55 bits per heavy atom. The van der Waals surface area contributed by atoms with Crippen LogP contribution in [0.15, 0.2) is 66.7 Å². The highest BCUT2D eigenvalue weighted by atomic mass is 19.1. The van der Waals surface area contributed by atoms with Crippen molar-refractivity contribution in [3.05, 3.63) is 100 Å². The van der Waals surface area contributed by atoms with E-state index >= 15 is 0 Å². The Hall–Kier alpha value is -4.49. The molecular formula is C31H26FN3O3. The van der Waals surface area contributed by atoms with E-state index in [1.165, 1.54) is 12.1 Å². The fourth-order valence-electron chi connectivity index (χ4n) is 5.50. The van der Waals surface area contributed by atoms with Gasteiger partial charge in [0, 0.05) is 27.5 Å². The van der Waals surface area contributed by atoms with Crippen molar-refractivity contribution in [3.8, 4) is 11.1 Å². The molecule has 0 saturated heterocycles. The van der Waals surface area contributed by atoms with Crippen LogP contribution in [0, 0.1) is 12.7 Å². The number of aromatic amines is 1. The lowest BCUT2D eigenvalue weighted by atomic mass is 9.92. The lowest BCUT2D eigenvalue weighted by Crippen LogP contribution is -2.24. The Labute approximate surface area is 218 Å². The molecule has 38 heavy (non-hydrogen) atoms. The van der Waals surface area contributed by atoms with E-state index in [1.807, 2.05) is 49.4 Å². The largest absolute Gasteiger partial charge is 0.386 e. The van der Waals surface area contributed by atoms with Crippen LogP contribution in [-0.2, 0) is 12.1 Å². The van der Waals surface area contributed by atoms with Crippen molar-refractivity contribution >= 4 is 39.3 Å². The number of aromatic nitrogens is 1. The molecule has 0 unspecified atom stereocenters. The molecule has 1 aliphatic heterocycles. The van der Waals surface area contributed by atoms with Gasteiger partial charge < -0.3 is 20.7 Å². The summed E-state index contributed by atoms with van der Waals surface area (Å²) in [6.07, 6.45) is 0. The van der Waals surface area contributed by atoms with Crippen LogP contribution in [0.1, 0.15) is 51.3 Å². The fraction of sp³-hybridized carbons (Fsp3) is 0.161. The number of carbonyl (C=O) groups is 2. The molecule has 0 atom stereocenters. The Kier molecular flexibility index (Phi) is 5.19. The fourth-order valence-corrected chi connectivity index (χ4v) is 5.50. The number of carbonyl (C=O) groups excluding carboxylic acids is 2. The zero-order chi connectivity index (χ0) is 26.9. The minimum Gasteiger partial charge on any atom is -0.386 e. The number of benzene rings is 4. The molecule has 0 aliphatic carbocycles. The van der Waals surface area contributed by atoms with Gasteiger partial charge in [0.2, 0.25) is 0 Å². The molecular weight excluding hydrogens is 481 g/mol. The van der Waals surface area contributed by atoms with Crippen LogP contribution in [0.3, 0.4) is 0 Å². The van der Waals surface area contributed by atoms with E-state index in [2.05, 4.69) is 4.98 Å². The summed E-state index contributed by atoms with van der Waals surface area (Å²) >= 11 is 0. The standard InChI is InChI=1S/C31H26FN3O3/c1-16-20(5-4-6-26(16)35-15-17-7-9-19(32)14-24(17)30(35)37)21-11-12-23(29(33)36)28-27(21)22-10-8-18(31(2,3)38)13-25(22)34-28/h4-14,34,38H,15H2,1-3H3,(H2,33,36). The average Bonchev–Trinajstić information content (AvgIpc) is 3.40. The number of fused-ring (bicyclic) bond motifs is 4. The molecule has 5 aromatic rings. The molecule has 4 aromatic carbocycles. The predicted molar refractivity (Wildman–Crippen MR) is 147 cm³/mol. The van der Waals surface area contributed by atoms with Gasteiger partial charge >= 0.3 is 0 Å². The highest BCUT2D eigenvalue weighted by molar-refractivity contribution is 6.20. The van der Waals surface area contributed by atoms with E-state index in [0.717, 1.165) is 49.8 Å². The third-order valence-corrected chi connectivity index (χ3v) is 7.49. The molecule has 7 heteroatoms. The summed E-state index contributed by atoms with van der Waals surface area (Å²) in [5.74, 6) is -1.22. The molecule has 0 spiro atoms. The number of H-pyrrole nitrogens is 1. The first-order valence-corrected chi connectivity index (χ1v) is 12.4. The van der Waals surface area contributed by atoms with E-state index in [-0.39, 0.29) is 5.91 Å². The summed E-state index contributed by atoms with van der Waals surface area (Å²) in [6.45, 7) is 5.76. The highest BCUT2D eigenvalue weighted by Gasteiger charge is 2.30. The molecule has 2 heterocycles. The topological polar surface area (TPSA) is 99.4 Å². The van der Waals surface area contributed by atoms with Gasteiger partial charge in [-0.25, -0.2) is 4.39 Å². The maximum atomic E-state index is 13.8. The molecule has 1 aliphatic rings. The number of halogens is 1. The Balaban J connectivity index is 1.56. The van der Waals surface area contributed by atoms with Crippen molar-refractivity contribution in [2.45, 2.75) is 32.9 Å². The molecule has 6 nitrogen and oxygen atoms in total. The summed E-state index contributed by atoms with van der Waals surface area (Å²) in [4.78, 5) is 30.6. The lowest BCUT2D eigenvalue weighted by molar-refractivity contribution is 0.0787. The number of primary amides is 1. The smallest absolute Gasteiger partial charge is 0.259 e. The van der Waals surface area contributed by atoms with Gasteiger partial charge in [0.15, 0.2) is 0 Å². The first-order valence-electron chi connectivity index (χ1n) is 12.4. The highest BCUT2D eigenvalue weighted by Crippen LogP contribution is 2.41. The lowest BCUT2D eigenvalue weighted by Gasteiger charge is -2.21. The number of nitrogens with two attached hydrogens (primary N) is 1. The molecule has 0 radical (unpaired) electrons. The van der Waals surface area contributed by atoms with Gasteiger partial charge in [0.05, 0.1) is 23.2 Å². The summed E-state index contributed by atoms with van der Waals surface area (Å²) in [7, 11) is 0. The zero-order valence-electron chi connectivity index (χ0n) is 21.2. The van der Waals surface area contributed by atoms with Crippen LogP contribution >= 0.6 is 0 Å². The Morgan fingerprint density at radius 2 is 1.82 bits per heavy atom. The minimum atomic E-state index is -1.03. The van der Waals surface area contributed by atoms with Gasteiger partial charge in [0.25, 0.3) is 11.8 Å². The van der Waals surface area contributed by atoms with Crippen molar-refractivity contribution in [1.29, 1.82) is 0 Å². The van der Waals surface area contributed by atoms with Crippen LogP contribution in [0.4, 0.5) is 10.1 Å². The number of nitrogens with zero attached hydrogens (tertiary/aromatic N) is 1.